The molecule has 0 saturated heterocycles. The SMILES string of the molecule is C=CC[C@@]12C[C@H]3CN=N[C@H]3[C@]1(O[Si](C)(C)C)c1ccccc1C2=O. The van der Waals surface area contributed by atoms with Gasteiger partial charge in [-0.3, -0.25) is 4.79 Å². The zero-order valence-electron chi connectivity index (χ0n) is 14.6. The third-order valence-corrected chi connectivity index (χ3v) is 6.61. The minimum Gasteiger partial charge on any atom is -0.405 e. The van der Waals surface area contributed by atoms with E-state index in [0.717, 1.165) is 17.5 Å². The van der Waals surface area contributed by atoms with Crippen molar-refractivity contribution in [2.45, 2.75) is 44.1 Å². The smallest absolute Gasteiger partial charge is 0.185 e. The van der Waals surface area contributed by atoms with E-state index in [4.69, 9.17) is 4.43 Å². The molecule has 0 amide bonds. The Morgan fingerprint density at radius 1 is 1.38 bits per heavy atom. The van der Waals surface area contributed by atoms with Crippen molar-refractivity contribution in [3.8, 4) is 0 Å². The van der Waals surface area contributed by atoms with Crippen molar-refractivity contribution in [1.29, 1.82) is 0 Å². The van der Waals surface area contributed by atoms with Gasteiger partial charge in [-0.15, -0.1) is 6.58 Å². The molecule has 0 spiro atoms. The summed E-state index contributed by atoms with van der Waals surface area (Å²) in [4.78, 5) is 13.5. The first-order valence-electron chi connectivity index (χ1n) is 8.68. The molecule has 1 aliphatic heterocycles. The lowest BCUT2D eigenvalue weighted by atomic mass is 9.71. The van der Waals surface area contributed by atoms with Crippen LogP contribution in [0.2, 0.25) is 19.6 Å². The average Bonchev–Trinajstić information content (AvgIpc) is 3.11. The number of carbonyl (C=O) groups excluding carboxylic acids is 1. The molecule has 0 bridgehead atoms. The van der Waals surface area contributed by atoms with Crippen LogP contribution >= 0.6 is 0 Å². The van der Waals surface area contributed by atoms with Gasteiger partial charge in [-0.1, -0.05) is 30.3 Å². The highest BCUT2D eigenvalue weighted by atomic mass is 28.4. The summed E-state index contributed by atoms with van der Waals surface area (Å²) in [5.41, 5.74) is 0.572. The number of hydrogen-bond donors (Lipinski definition) is 0. The Morgan fingerprint density at radius 3 is 2.83 bits per heavy atom. The number of ketones is 1. The zero-order valence-corrected chi connectivity index (χ0v) is 15.6. The molecule has 0 N–H and O–H groups in total. The quantitative estimate of drug-likeness (QED) is 0.604. The van der Waals surface area contributed by atoms with E-state index >= 15 is 0 Å². The molecule has 3 aliphatic rings. The number of benzene rings is 1. The second-order valence-electron chi connectivity index (χ2n) is 8.25. The van der Waals surface area contributed by atoms with Gasteiger partial charge in [-0.2, -0.15) is 10.2 Å². The number of hydrogen-bond acceptors (Lipinski definition) is 4. The van der Waals surface area contributed by atoms with E-state index in [0.29, 0.717) is 18.9 Å². The van der Waals surface area contributed by atoms with Crippen molar-refractivity contribution < 1.29 is 9.22 Å². The molecule has 4 nitrogen and oxygen atoms in total. The van der Waals surface area contributed by atoms with E-state index in [2.05, 4.69) is 42.5 Å². The minimum atomic E-state index is -1.94. The second-order valence-corrected chi connectivity index (χ2v) is 12.7. The number of Topliss-reactive ketones (excluding diaryl/α,β-unsaturated/α-hetero) is 1. The molecule has 4 atom stereocenters. The van der Waals surface area contributed by atoms with Gasteiger partial charge in [-0.05, 0) is 38.0 Å². The molecule has 1 heterocycles. The van der Waals surface area contributed by atoms with Crippen LogP contribution in [0.15, 0.2) is 47.1 Å². The average molecular weight is 340 g/mol. The molecule has 0 aromatic heterocycles. The van der Waals surface area contributed by atoms with Gasteiger partial charge >= 0.3 is 0 Å². The number of rotatable bonds is 4. The number of azo groups is 1. The molecule has 1 fully saturated rings. The van der Waals surface area contributed by atoms with Crippen LogP contribution in [0.3, 0.4) is 0 Å². The summed E-state index contributed by atoms with van der Waals surface area (Å²) in [6.45, 7) is 11.2. The predicted octanol–water partition coefficient (Wildman–Crippen LogP) is 4.35. The largest absolute Gasteiger partial charge is 0.405 e. The van der Waals surface area contributed by atoms with Gasteiger partial charge in [-0.25, -0.2) is 0 Å². The third-order valence-electron chi connectivity index (χ3n) is 5.67. The number of carbonyl (C=O) groups is 1. The molecule has 5 heteroatoms. The summed E-state index contributed by atoms with van der Waals surface area (Å²) in [5, 5.41) is 8.91. The van der Waals surface area contributed by atoms with Crippen molar-refractivity contribution in [3.05, 3.63) is 48.0 Å². The molecular formula is C19H24N2O2Si. The van der Waals surface area contributed by atoms with Crippen molar-refractivity contribution in [2.24, 2.45) is 21.6 Å². The number of allylic oxidation sites excluding steroid dienone is 1. The molecule has 1 aromatic rings. The Morgan fingerprint density at radius 2 is 2.12 bits per heavy atom. The lowest BCUT2D eigenvalue weighted by Gasteiger charge is -2.45. The first-order chi connectivity index (χ1) is 11.4. The summed E-state index contributed by atoms with van der Waals surface area (Å²) in [5.74, 6) is 0.499. The maximum Gasteiger partial charge on any atom is 0.185 e. The van der Waals surface area contributed by atoms with E-state index < -0.39 is 19.3 Å². The lowest BCUT2D eigenvalue weighted by Crippen LogP contribution is -2.53. The lowest BCUT2D eigenvalue weighted by molar-refractivity contribution is -0.0335. The molecule has 1 aromatic carbocycles. The van der Waals surface area contributed by atoms with E-state index in [1.807, 2.05) is 24.3 Å². The van der Waals surface area contributed by atoms with Gasteiger partial charge < -0.3 is 4.43 Å². The number of nitrogens with zero attached hydrogens (tertiary/aromatic N) is 2. The van der Waals surface area contributed by atoms with Gasteiger partial charge in [0.2, 0.25) is 0 Å². The molecule has 0 unspecified atom stereocenters. The summed E-state index contributed by atoms with van der Waals surface area (Å²) < 4.78 is 6.89. The highest BCUT2D eigenvalue weighted by Gasteiger charge is 2.74. The Kier molecular flexibility index (Phi) is 3.29. The fraction of sp³-hybridized carbons (Fsp3) is 0.526. The highest BCUT2D eigenvalue weighted by molar-refractivity contribution is 6.69. The van der Waals surface area contributed by atoms with Crippen LogP contribution in [0.1, 0.15) is 28.8 Å². The zero-order chi connectivity index (χ0) is 17.2. The Balaban J connectivity index is 2.03. The van der Waals surface area contributed by atoms with Crippen LogP contribution in [0, 0.1) is 11.3 Å². The van der Waals surface area contributed by atoms with Crippen molar-refractivity contribution >= 4 is 14.1 Å². The van der Waals surface area contributed by atoms with Crippen LogP contribution in [-0.4, -0.2) is 26.7 Å². The summed E-state index contributed by atoms with van der Waals surface area (Å²) >= 11 is 0. The molecule has 1 saturated carbocycles. The van der Waals surface area contributed by atoms with E-state index in [1.54, 1.807) is 0 Å². The molecule has 126 valence electrons. The maximum atomic E-state index is 13.5. The Hall–Kier alpha value is -1.59. The van der Waals surface area contributed by atoms with Gasteiger partial charge in [0.05, 0.1) is 12.0 Å². The standard InChI is InChI=1S/C19H24N2O2Si/c1-5-10-18-11-13-12-20-21-16(13)19(18,23-24(2,3)4)15-9-7-6-8-14(15)17(18)22/h5-9,13,16H,1,10-12H2,2-4H3/t13-,16+,18-,19+/m0/s1. The fourth-order valence-electron chi connectivity index (χ4n) is 5.12. The first-order valence-corrected chi connectivity index (χ1v) is 12.1. The first kappa shape index (κ1) is 15.9. The number of fused-ring (bicyclic) bond motifs is 5. The van der Waals surface area contributed by atoms with Gasteiger partial charge in [0, 0.05) is 11.5 Å². The van der Waals surface area contributed by atoms with Crippen LogP contribution in [0.4, 0.5) is 0 Å². The molecular weight excluding hydrogens is 316 g/mol. The highest BCUT2D eigenvalue weighted by Crippen LogP contribution is 2.67. The van der Waals surface area contributed by atoms with Crippen molar-refractivity contribution in [2.75, 3.05) is 6.54 Å². The van der Waals surface area contributed by atoms with Crippen molar-refractivity contribution in [1.82, 2.24) is 0 Å². The molecule has 24 heavy (non-hydrogen) atoms. The van der Waals surface area contributed by atoms with Crippen molar-refractivity contribution in [3.63, 3.8) is 0 Å². The van der Waals surface area contributed by atoms with Crippen LogP contribution in [0.5, 0.6) is 0 Å². The van der Waals surface area contributed by atoms with Crippen LogP contribution in [0.25, 0.3) is 0 Å². The topological polar surface area (TPSA) is 51.0 Å². The van der Waals surface area contributed by atoms with Gasteiger partial charge in [0.1, 0.15) is 11.6 Å². The van der Waals surface area contributed by atoms with Crippen LogP contribution < -0.4 is 0 Å². The van der Waals surface area contributed by atoms with E-state index in [1.165, 1.54) is 0 Å². The summed E-state index contributed by atoms with van der Waals surface area (Å²) in [7, 11) is -1.94. The summed E-state index contributed by atoms with van der Waals surface area (Å²) in [6, 6.07) is 7.89. The molecule has 2 aliphatic carbocycles. The Bertz CT molecular complexity index is 754. The van der Waals surface area contributed by atoms with Crippen LogP contribution in [-0.2, 0) is 10.0 Å². The predicted molar refractivity (Wildman–Crippen MR) is 95.7 cm³/mol. The molecule has 0 radical (unpaired) electrons. The van der Waals surface area contributed by atoms with Gasteiger partial charge in [0.25, 0.3) is 0 Å². The monoisotopic (exact) mass is 340 g/mol. The van der Waals surface area contributed by atoms with Gasteiger partial charge in [0.15, 0.2) is 14.1 Å². The fourth-order valence-corrected chi connectivity index (χ4v) is 6.51. The van der Waals surface area contributed by atoms with E-state index in [-0.39, 0.29) is 11.8 Å². The molecule has 4 rings (SSSR count). The van der Waals surface area contributed by atoms with E-state index in [9.17, 15) is 4.79 Å². The minimum absolute atomic E-state index is 0.0585. The third kappa shape index (κ3) is 1.80. The normalized spacial score (nSPS) is 36.5. The Labute approximate surface area is 144 Å². The second kappa shape index (κ2) is 4.96. The maximum absolute atomic E-state index is 13.5. The summed E-state index contributed by atoms with van der Waals surface area (Å²) in [6.07, 6.45) is 3.30.